The molecule has 0 N–H and O–H groups in total. The zero-order chi connectivity index (χ0) is 15.5. The summed E-state index contributed by atoms with van der Waals surface area (Å²) in [6, 6.07) is 18.7. The van der Waals surface area contributed by atoms with E-state index in [1.165, 1.54) is 20.5 Å². The topological polar surface area (TPSA) is 26.3 Å². The van der Waals surface area contributed by atoms with Crippen molar-refractivity contribution in [2.75, 3.05) is 0 Å². The van der Waals surface area contributed by atoms with Gasteiger partial charge in [0.25, 0.3) is 0 Å². The number of carbonyl (C=O) groups is 1. The maximum Gasteiger partial charge on any atom is 0.333 e. The van der Waals surface area contributed by atoms with Gasteiger partial charge in [-0.1, -0.05) is 49.0 Å². The molecule has 0 saturated heterocycles. The van der Waals surface area contributed by atoms with Gasteiger partial charge in [0.1, 0.15) is 6.61 Å². The Labute approximate surface area is 133 Å². The molecule has 22 heavy (non-hydrogen) atoms. The van der Waals surface area contributed by atoms with E-state index in [2.05, 4.69) is 49.0 Å². The Morgan fingerprint density at radius 2 is 1.86 bits per heavy atom. The monoisotopic (exact) mass is 308 g/mol. The third kappa shape index (κ3) is 3.10. The summed E-state index contributed by atoms with van der Waals surface area (Å²) in [6.45, 7) is 5.49. The predicted octanol–water partition coefficient (Wildman–Crippen LogP) is 5.19. The van der Waals surface area contributed by atoms with E-state index < -0.39 is 0 Å². The molecular weight excluding hydrogens is 292 g/mol. The van der Waals surface area contributed by atoms with Crippen LogP contribution in [0, 0.1) is 0 Å². The van der Waals surface area contributed by atoms with Gasteiger partial charge in [0, 0.05) is 15.2 Å². The average Bonchev–Trinajstić information content (AvgIpc) is 2.97. The lowest BCUT2D eigenvalue weighted by molar-refractivity contribution is -0.140. The number of benzene rings is 2. The van der Waals surface area contributed by atoms with Crippen molar-refractivity contribution in [3.8, 4) is 10.4 Å². The maximum absolute atomic E-state index is 11.4. The lowest BCUT2D eigenvalue weighted by atomic mass is 10.1. The first-order chi connectivity index (χ1) is 10.6. The van der Waals surface area contributed by atoms with E-state index in [1.807, 2.05) is 12.1 Å². The number of ether oxygens (including phenoxy) is 1. The van der Waals surface area contributed by atoms with Gasteiger partial charge in [-0.05, 0) is 35.6 Å². The quantitative estimate of drug-likeness (QED) is 0.490. The second-order valence-corrected chi connectivity index (χ2v) is 6.29. The van der Waals surface area contributed by atoms with Gasteiger partial charge in [0.05, 0.1) is 0 Å². The van der Waals surface area contributed by atoms with E-state index in [0.717, 1.165) is 5.56 Å². The maximum atomic E-state index is 11.4. The summed E-state index contributed by atoms with van der Waals surface area (Å²) >= 11 is 1.78. The third-order valence-electron chi connectivity index (χ3n) is 3.38. The molecular formula is C19H16O2S. The lowest BCUT2D eigenvalue weighted by Crippen LogP contribution is -2.04. The normalized spacial score (nSPS) is 10.6. The second-order valence-electron chi connectivity index (χ2n) is 5.20. The number of esters is 1. The van der Waals surface area contributed by atoms with Crippen LogP contribution in [0.2, 0.25) is 0 Å². The number of rotatable bonds is 4. The molecule has 0 aliphatic carbocycles. The van der Waals surface area contributed by atoms with Crippen LogP contribution in [0.1, 0.15) is 12.5 Å². The van der Waals surface area contributed by atoms with Gasteiger partial charge < -0.3 is 4.74 Å². The van der Waals surface area contributed by atoms with Crippen LogP contribution in [0.15, 0.2) is 66.7 Å². The number of hydrogen-bond donors (Lipinski definition) is 0. The van der Waals surface area contributed by atoms with Crippen molar-refractivity contribution in [1.29, 1.82) is 0 Å². The Balaban J connectivity index is 1.76. The van der Waals surface area contributed by atoms with E-state index in [0.29, 0.717) is 5.57 Å². The van der Waals surface area contributed by atoms with E-state index in [9.17, 15) is 4.79 Å². The second kappa shape index (κ2) is 6.16. The van der Waals surface area contributed by atoms with Gasteiger partial charge >= 0.3 is 5.97 Å². The Morgan fingerprint density at radius 1 is 1.14 bits per heavy atom. The van der Waals surface area contributed by atoms with Crippen molar-refractivity contribution in [2.24, 2.45) is 0 Å². The van der Waals surface area contributed by atoms with Crippen LogP contribution in [0.4, 0.5) is 0 Å². The summed E-state index contributed by atoms with van der Waals surface area (Å²) in [5.41, 5.74) is 2.57. The fourth-order valence-corrected chi connectivity index (χ4v) is 3.23. The van der Waals surface area contributed by atoms with Gasteiger partial charge in [-0.2, -0.15) is 0 Å². The van der Waals surface area contributed by atoms with Crippen molar-refractivity contribution in [3.05, 3.63) is 72.3 Å². The minimum Gasteiger partial charge on any atom is -0.457 e. The fourth-order valence-electron chi connectivity index (χ4n) is 2.16. The molecule has 0 bridgehead atoms. The molecule has 0 atom stereocenters. The molecule has 110 valence electrons. The summed E-state index contributed by atoms with van der Waals surface area (Å²) in [5, 5.41) is 1.27. The van der Waals surface area contributed by atoms with Gasteiger partial charge in [-0.15, -0.1) is 11.3 Å². The number of fused-ring (bicyclic) bond motifs is 1. The van der Waals surface area contributed by atoms with Crippen LogP contribution in [0.25, 0.3) is 20.5 Å². The fraction of sp³-hybridized carbons (Fsp3) is 0.105. The Morgan fingerprint density at radius 3 is 2.55 bits per heavy atom. The zero-order valence-corrected chi connectivity index (χ0v) is 13.2. The molecule has 1 aromatic heterocycles. The molecule has 0 unspecified atom stereocenters. The first-order valence-corrected chi connectivity index (χ1v) is 7.85. The molecule has 1 heterocycles. The Hall–Kier alpha value is -2.39. The molecule has 0 aliphatic heterocycles. The summed E-state index contributed by atoms with van der Waals surface area (Å²) < 4.78 is 6.44. The van der Waals surface area contributed by atoms with Crippen LogP contribution in [-0.4, -0.2) is 5.97 Å². The van der Waals surface area contributed by atoms with Gasteiger partial charge in [0.15, 0.2) is 0 Å². The molecule has 3 aromatic rings. The molecule has 3 heteroatoms. The van der Waals surface area contributed by atoms with Crippen LogP contribution >= 0.6 is 11.3 Å². The van der Waals surface area contributed by atoms with E-state index in [-0.39, 0.29) is 12.6 Å². The predicted molar refractivity (Wildman–Crippen MR) is 91.9 cm³/mol. The van der Waals surface area contributed by atoms with Crippen molar-refractivity contribution in [1.82, 2.24) is 0 Å². The van der Waals surface area contributed by atoms with Crippen molar-refractivity contribution in [3.63, 3.8) is 0 Å². The van der Waals surface area contributed by atoms with Crippen LogP contribution in [0.3, 0.4) is 0 Å². The highest BCUT2D eigenvalue weighted by Crippen LogP contribution is 2.33. The molecule has 0 aliphatic rings. The highest BCUT2D eigenvalue weighted by atomic mass is 32.1. The SMILES string of the molecule is C=C(C)C(=O)OCc1ccc(-c2cc3ccccc3s2)cc1. The van der Waals surface area contributed by atoms with Crippen LogP contribution in [-0.2, 0) is 16.1 Å². The number of hydrogen-bond acceptors (Lipinski definition) is 3. The molecule has 0 fully saturated rings. The average molecular weight is 308 g/mol. The summed E-state index contributed by atoms with van der Waals surface area (Å²) in [4.78, 5) is 12.6. The third-order valence-corrected chi connectivity index (χ3v) is 4.55. The van der Waals surface area contributed by atoms with Crippen molar-refractivity contribution >= 4 is 27.4 Å². The van der Waals surface area contributed by atoms with E-state index in [1.54, 1.807) is 18.3 Å². The number of carbonyl (C=O) groups excluding carboxylic acids is 1. The van der Waals surface area contributed by atoms with Gasteiger partial charge in [0.2, 0.25) is 0 Å². The molecule has 0 spiro atoms. The lowest BCUT2D eigenvalue weighted by Gasteiger charge is -2.05. The standard InChI is InChI=1S/C19H16O2S/c1-13(2)19(20)21-12-14-7-9-15(10-8-14)18-11-16-5-3-4-6-17(16)22-18/h3-11H,1,12H2,2H3. The van der Waals surface area contributed by atoms with Crippen LogP contribution < -0.4 is 0 Å². The first kappa shape index (κ1) is 14.5. The largest absolute Gasteiger partial charge is 0.457 e. The van der Waals surface area contributed by atoms with Gasteiger partial charge in [-0.25, -0.2) is 4.79 Å². The van der Waals surface area contributed by atoms with Crippen molar-refractivity contribution in [2.45, 2.75) is 13.5 Å². The highest BCUT2D eigenvalue weighted by Gasteiger charge is 2.06. The Bertz CT molecular complexity index is 795. The molecule has 0 amide bonds. The van der Waals surface area contributed by atoms with Gasteiger partial charge in [-0.3, -0.25) is 0 Å². The van der Waals surface area contributed by atoms with E-state index in [4.69, 9.17) is 4.74 Å². The van der Waals surface area contributed by atoms with Crippen molar-refractivity contribution < 1.29 is 9.53 Å². The molecule has 3 rings (SSSR count). The van der Waals surface area contributed by atoms with E-state index >= 15 is 0 Å². The molecule has 0 radical (unpaired) electrons. The minimum absolute atomic E-state index is 0.276. The molecule has 0 saturated carbocycles. The molecule has 2 nitrogen and oxygen atoms in total. The Kier molecular flexibility index (Phi) is 4.07. The highest BCUT2D eigenvalue weighted by molar-refractivity contribution is 7.22. The summed E-state index contributed by atoms with van der Waals surface area (Å²) in [5.74, 6) is -0.353. The molecule has 2 aromatic carbocycles. The summed E-state index contributed by atoms with van der Waals surface area (Å²) in [7, 11) is 0. The minimum atomic E-state index is -0.353. The first-order valence-electron chi connectivity index (χ1n) is 7.04. The van der Waals surface area contributed by atoms with Crippen LogP contribution in [0.5, 0.6) is 0 Å². The summed E-state index contributed by atoms with van der Waals surface area (Å²) in [6.07, 6.45) is 0. The smallest absolute Gasteiger partial charge is 0.333 e. The zero-order valence-electron chi connectivity index (χ0n) is 12.3. The number of thiophene rings is 1.